The smallest absolute Gasteiger partial charge is 0.242 e. The summed E-state index contributed by atoms with van der Waals surface area (Å²) in [5.41, 5.74) is 3.69. The Morgan fingerprint density at radius 2 is 1.70 bits per heavy atom. The number of quaternary nitrogens is 1. The van der Waals surface area contributed by atoms with Gasteiger partial charge in [0.05, 0.1) is 26.2 Å². The van der Waals surface area contributed by atoms with Gasteiger partial charge < -0.3 is 20.4 Å². The highest BCUT2D eigenvalue weighted by Gasteiger charge is 2.22. The van der Waals surface area contributed by atoms with Crippen molar-refractivity contribution in [2.45, 2.75) is 51.2 Å². The van der Waals surface area contributed by atoms with E-state index < -0.39 is 0 Å². The molecule has 5 nitrogen and oxygen atoms in total. The fourth-order valence-corrected chi connectivity index (χ4v) is 4.62. The topological polar surface area (TPSA) is 48.8 Å². The SMILES string of the molecule is C[C@H](Nc1ccc(N2CC[NH+](Cc3ccccc3)CC2)cc1)C(=O)NC1CCCC1. The van der Waals surface area contributed by atoms with Crippen molar-refractivity contribution in [3.63, 3.8) is 0 Å². The summed E-state index contributed by atoms with van der Waals surface area (Å²) in [6.07, 6.45) is 4.70. The number of benzene rings is 2. The van der Waals surface area contributed by atoms with Gasteiger partial charge in [0.15, 0.2) is 0 Å². The second-order valence-electron chi connectivity index (χ2n) is 8.80. The Kier molecular flexibility index (Phi) is 6.90. The molecule has 2 fully saturated rings. The fourth-order valence-electron chi connectivity index (χ4n) is 4.62. The Balaban J connectivity index is 1.24. The molecule has 1 aliphatic heterocycles. The number of carbonyl (C=O) groups is 1. The average Bonchev–Trinajstić information content (AvgIpc) is 3.29. The summed E-state index contributed by atoms with van der Waals surface area (Å²) in [6.45, 7) is 7.52. The van der Waals surface area contributed by atoms with Gasteiger partial charge in [-0.25, -0.2) is 0 Å². The number of anilines is 2. The summed E-state index contributed by atoms with van der Waals surface area (Å²) in [5.74, 6) is 0.100. The summed E-state index contributed by atoms with van der Waals surface area (Å²) in [5, 5.41) is 6.52. The van der Waals surface area contributed by atoms with E-state index in [2.05, 4.69) is 70.1 Å². The summed E-state index contributed by atoms with van der Waals surface area (Å²) >= 11 is 0. The second kappa shape index (κ2) is 9.98. The Morgan fingerprint density at radius 1 is 1.03 bits per heavy atom. The van der Waals surface area contributed by atoms with Gasteiger partial charge >= 0.3 is 0 Å². The number of nitrogens with one attached hydrogen (secondary N) is 3. The van der Waals surface area contributed by atoms with Gasteiger partial charge in [-0.2, -0.15) is 0 Å². The molecular weight excluding hydrogens is 372 g/mol. The van der Waals surface area contributed by atoms with Crippen LogP contribution in [0, 0.1) is 0 Å². The molecule has 2 aromatic carbocycles. The lowest BCUT2D eigenvalue weighted by molar-refractivity contribution is -0.914. The van der Waals surface area contributed by atoms with Crippen LogP contribution >= 0.6 is 0 Å². The first-order valence-electron chi connectivity index (χ1n) is 11.5. The van der Waals surface area contributed by atoms with E-state index in [4.69, 9.17) is 0 Å². The molecule has 2 aromatic rings. The van der Waals surface area contributed by atoms with Gasteiger partial charge in [-0.3, -0.25) is 4.79 Å². The van der Waals surface area contributed by atoms with Crippen LogP contribution in [0.5, 0.6) is 0 Å². The zero-order valence-electron chi connectivity index (χ0n) is 18.1. The first kappa shape index (κ1) is 20.7. The number of nitrogens with zero attached hydrogens (tertiary/aromatic N) is 1. The number of hydrogen-bond acceptors (Lipinski definition) is 3. The predicted octanol–water partition coefficient (Wildman–Crippen LogP) is 2.45. The third kappa shape index (κ3) is 5.54. The molecule has 0 bridgehead atoms. The molecule has 4 rings (SSSR count). The van der Waals surface area contributed by atoms with Gasteiger partial charge in [-0.05, 0) is 44.0 Å². The molecule has 0 spiro atoms. The second-order valence-corrected chi connectivity index (χ2v) is 8.80. The van der Waals surface area contributed by atoms with Crippen LogP contribution in [0.4, 0.5) is 11.4 Å². The van der Waals surface area contributed by atoms with E-state index >= 15 is 0 Å². The standard InChI is InChI=1S/C25H34N4O/c1-20(25(30)27-22-9-5-6-10-22)26-23-11-13-24(14-12-23)29-17-15-28(16-18-29)19-21-7-3-2-4-8-21/h2-4,7-8,11-14,20,22,26H,5-6,9-10,15-19H2,1H3,(H,27,30)/p+1/t20-/m0/s1. The van der Waals surface area contributed by atoms with Crippen molar-refractivity contribution in [1.29, 1.82) is 0 Å². The maximum atomic E-state index is 12.4. The highest BCUT2D eigenvalue weighted by atomic mass is 16.2. The zero-order valence-corrected chi connectivity index (χ0v) is 18.1. The minimum atomic E-state index is -0.221. The molecule has 1 atom stereocenters. The monoisotopic (exact) mass is 407 g/mol. The third-order valence-corrected chi connectivity index (χ3v) is 6.48. The van der Waals surface area contributed by atoms with Crippen LogP contribution in [-0.4, -0.2) is 44.2 Å². The molecule has 5 heteroatoms. The summed E-state index contributed by atoms with van der Waals surface area (Å²) in [6, 6.07) is 19.5. The minimum absolute atomic E-state index is 0.100. The first-order valence-corrected chi connectivity index (χ1v) is 11.5. The average molecular weight is 408 g/mol. The maximum Gasteiger partial charge on any atom is 0.242 e. The van der Waals surface area contributed by atoms with Gasteiger partial charge in [0, 0.05) is 23.0 Å². The highest BCUT2D eigenvalue weighted by Crippen LogP contribution is 2.20. The number of rotatable bonds is 7. The van der Waals surface area contributed by atoms with Crippen LogP contribution < -0.4 is 20.4 Å². The molecule has 3 N–H and O–H groups in total. The van der Waals surface area contributed by atoms with Crippen LogP contribution in [0.15, 0.2) is 54.6 Å². The molecule has 1 aliphatic carbocycles. The molecular formula is C25H35N4O+. The van der Waals surface area contributed by atoms with Crippen molar-refractivity contribution < 1.29 is 9.69 Å². The fraction of sp³-hybridized carbons (Fsp3) is 0.480. The lowest BCUT2D eigenvalue weighted by atomic mass is 10.2. The minimum Gasteiger partial charge on any atom is -0.374 e. The van der Waals surface area contributed by atoms with E-state index in [1.165, 1.54) is 24.1 Å². The maximum absolute atomic E-state index is 12.4. The van der Waals surface area contributed by atoms with E-state index in [0.29, 0.717) is 6.04 Å². The number of amides is 1. The number of hydrogen-bond donors (Lipinski definition) is 3. The van der Waals surface area contributed by atoms with Crippen molar-refractivity contribution in [3.8, 4) is 0 Å². The molecule has 2 aliphatic rings. The molecule has 30 heavy (non-hydrogen) atoms. The lowest BCUT2D eigenvalue weighted by Crippen LogP contribution is -3.13. The van der Waals surface area contributed by atoms with E-state index in [1.54, 1.807) is 4.90 Å². The van der Waals surface area contributed by atoms with Gasteiger partial charge in [0.25, 0.3) is 0 Å². The molecule has 0 radical (unpaired) electrons. The third-order valence-electron chi connectivity index (χ3n) is 6.48. The van der Waals surface area contributed by atoms with Gasteiger partial charge in [0.1, 0.15) is 12.6 Å². The van der Waals surface area contributed by atoms with Crippen molar-refractivity contribution >= 4 is 17.3 Å². The van der Waals surface area contributed by atoms with Crippen molar-refractivity contribution in [1.82, 2.24) is 5.32 Å². The van der Waals surface area contributed by atoms with E-state index in [-0.39, 0.29) is 11.9 Å². The predicted molar refractivity (Wildman–Crippen MR) is 123 cm³/mol. The normalized spacial score (nSPS) is 18.9. The van der Waals surface area contributed by atoms with Gasteiger partial charge in [-0.1, -0.05) is 43.2 Å². The Hall–Kier alpha value is -2.53. The Morgan fingerprint density at radius 3 is 2.37 bits per heavy atom. The van der Waals surface area contributed by atoms with E-state index in [0.717, 1.165) is 51.3 Å². The molecule has 1 amide bonds. The zero-order chi connectivity index (χ0) is 20.8. The van der Waals surface area contributed by atoms with Crippen LogP contribution in [0.1, 0.15) is 38.2 Å². The van der Waals surface area contributed by atoms with Crippen LogP contribution in [0.3, 0.4) is 0 Å². The largest absolute Gasteiger partial charge is 0.374 e. The molecule has 1 saturated carbocycles. The van der Waals surface area contributed by atoms with E-state index in [9.17, 15) is 4.79 Å². The van der Waals surface area contributed by atoms with Crippen molar-refractivity contribution in [2.75, 3.05) is 36.4 Å². The van der Waals surface area contributed by atoms with Crippen LogP contribution in [-0.2, 0) is 11.3 Å². The highest BCUT2D eigenvalue weighted by molar-refractivity contribution is 5.84. The number of carbonyl (C=O) groups excluding carboxylic acids is 1. The summed E-state index contributed by atoms with van der Waals surface area (Å²) < 4.78 is 0. The van der Waals surface area contributed by atoms with Crippen LogP contribution in [0.25, 0.3) is 0 Å². The van der Waals surface area contributed by atoms with Crippen molar-refractivity contribution in [3.05, 3.63) is 60.2 Å². The molecule has 160 valence electrons. The van der Waals surface area contributed by atoms with E-state index in [1.807, 2.05) is 6.92 Å². The Labute approximate surface area is 180 Å². The first-order chi connectivity index (χ1) is 14.7. The molecule has 0 aromatic heterocycles. The summed E-state index contributed by atoms with van der Waals surface area (Å²) in [7, 11) is 0. The quantitative estimate of drug-likeness (QED) is 0.661. The van der Waals surface area contributed by atoms with Crippen molar-refractivity contribution in [2.24, 2.45) is 0 Å². The van der Waals surface area contributed by atoms with Gasteiger partial charge in [-0.15, -0.1) is 0 Å². The van der Waals surface area contributed by atoms with Crippen LogP contribution in [0.2, 0.25) is 0 Å². The number of piperazine rings is 1. The summed E-state index contributed by atoms with van der Waals surface area (Å²) in [4.78, 5) is 16.5. The molecule has 1 heterocycles. The molecule has 0 unspecified atom stereocenters. The molecule has 1 saturated heterocycles. The van der Waals surface area contributed by atoms with Gasteiger partial charge in [0.2, 0.25) is 5.91 Å². The lowest BCUT2D eigenvalue weighted by Gasteiger charge is -2.33. The Bertz CT molecular complexity index is 794.